The van der Waals surface area contributed by atoms with Gasteiger partial charge in [-0.25, -0.2) is 4.39 Å². The summed E-state index contributed by atoms with van der Waals surface area (Å²) in [5, 5.41) is 11.1. The van der Waals surface area contributed by atoms with Gasteiger partial charge in [-0.15, -0.1) is 0 Å². The van der Waals surface area contributed by atoms with Crippen LogP contribution in [0.25, 0.3) is 0 Å². The van der Waals surface area contributed by atoms with Crippen molar-refractivity contribution in [1.82, 2.24) is 0 Å². The van der Waals surface area contributed by atoms with E-state index in [1.54, 1.807) is 13.2 Å². The molecule has 20 heavy (non-hydrogen) atoms. The minimum atomic E-state index is -1.10. The molecule has 1 unspecified atom stereocenters. The SMILES string of the molecule is COc1ccc(C2(O)CCc3c(F)cccc32)c(C)c1. The average Bonchev–Trinajstić information content (AvgIpc) is 2.79. The number of aryl methyl sites for hydroxylation is 1. The lowest BCUT2D eigenvalue weighted by Crippen LogP contribution is -2.25. The summed E-state index contributed by atoms with van der Waals surface area (Å²) in [5.41, 5.74) is 1.98. The van der Waals surface area contributed by atoms with Gasteiger partial charge < -0.3 is 9.84 Å². The molecular formula is C17H17FO2. The van der Waals surface area contributed by atoms with Crippen LogP contribution in [0.2, 0.25) is 0 Å². The molecule has 0 saturated carbocycles. The maximum absolute atomic E-state index is 13.8. The van der Waals surface area contributed by atoms with Gasteiger partial charge in [0.05, 0.1) is 7.11 Å². The molecule has 0 fully saturated rings. The summed E-state index contributed by atoms with van der Waals surface area (Å²) in [6.07, 6.45) is 1.07. The van der Waals surface area contributed by atoms with E-state index in [0.717, 1.165) is 16.9 Å². The van der Waals surface area contributed by atoms with Crippen LogP contribution in [0.15, 0.2) is 36.4 Å². The molecule has 1 aliphatic carbocycles. The van der Waals surface area contributed by atoms with Crippen LogP contribution in [-0.2, 0) is 12.0 Å². The summed E-state index contributed by atoms with van der Waals surface area (Å²) in [5.74, 6) is 0.525. The molecule has 0 bridgehead atoms. The smallest absolute Gasteiger partial charge is 0.126 e. The third kappa shape index (κ3) is 1.81. The van der Waals surface area contributed by atoms with E-state index in [0.29, 0.717) is 24.0 Å². The van der Waals surface area contributed by atoms with Crippen LogP contribution in [-0.4, -0.2) is 12.2 Å². The normalized spacial score (nSPS) is 20.8. The molecule has 104 valence electrons. The molecule has 2 nitrogen and oxygen atoms in total. The zero-order valence-electron chi connectivity index (χ0n) is 11.6. The van der Waals surface area contributed by atoms with Crippen LogP contribution < -0.4 is 4.74 Å². The summed E-state index contributed by atoms with van der Waals surface area (Å²) < 4.78 is 19.0. The van der Waals surface area contributed by atoms with Crippen molar-refractivity contribution in [3.8, 4) is 5.75 Å². The Morgan fingerprint density at radius 1 is 1.20 bits per heavy atom. The first-order valence-electron chi connectivity index (χ1n) is 6.71. The predicted molar refractivity (Wildman–Crippen MR) is 75.5 cm³/mol. The Kier molecular flexibility index (Phi) is 3.02. The molecule has 0 aromatic heterocycles. The first-order chi connectivity index (χ1) is 9.56. The molecule has 1 N–H and O–H groups in total. The maximum Gasteiger partial charge on any atom is 0.126 e. The quantitative estimate of drug-likeness (QED) is 0.908. The highest BCUT2D eigenvalue weighted by atomic mass is 19.1. The van der Waals surface area contributed by atoms with Gasteiger partial charge in [0.15, 0.2) is 0 Å². The molecule has 1 atom stereocenters. The zero-order valence-corrected chi connectivity index (χ0v) is 11.6. The number of hydrogen-bond acceptors (Lipinski definition) is 2. The van der Waals surface area contributed by atoms with Gasteiger partial charge in [0, 0.05) is 0 Å². The highest BCUT2D eigenvalue weighted by Crippen LogP contribution is 2.44. The Balaban J connectivity index is 2.14. The third-order valence-electron chi connectivity index (χ3n) is 4.18. The van der Waals surface area contributed by atoms with Crippen molar-refractivity contribution in [3.63, 3.8) is 0 Å². The molecular weight excluding hydrogens is 255 g/mol. The second-order valence-corrected chi connectivity index (χ2v) is 5.31. The fourth-order valence-corrected chi connectivity index (χ4v) is 3.15. The molecule has 2 aromatic rings. The van der Waals surface area contributed by atoms with Crippen LogP contribution in [0.5, 0.6) is 5.75 Å². The van der Waals surface area contributed by atoms with Gasteiger partial charge in [0.25, 0.3) is 0 Å². The molecule has 3 rings (SSSR count). The fourth-order valence-electron chi connectivity index (χ4n) is 3.15. The van der Waals surface area contributed by atoms with E-state index in [1.165, 1.54) is 6.07 Å². The molecule has 0 aliphatic heterocycles. The van der Waals surface area contributed by atoms with E-state index < -0.39 is 5.60 Å². The maximum atomic E-state index is 13.8. The largest absolute Gasteiger partial charge is 0.497 e. The van der Waals surface area contributed by atoms with Crippen molar-refractivity contribution in [1.29, 1.82) is 0 Å². The molecule has 0 saturated heterocycles. The van der Waals surface area contributed by atoms with Crippen molar-refractivity contribution in [2.45, 2.75) is 25.4 Å². The molecule has 0 heterocycles. The van der Waals surface area contributed by atoms with Gasteiger partial charge in [-0.05, 0) is 60.2 Å². The van der Waals surface area contributed by atoms with Gasteiger partial charge in [-0.1, -0.05) is 18.2 Å². The number of hydrogen-bond donors (Lipinski definition) is 1. The Hall–Kier alpha value is -1.87. The van der Waals surface area contributed by atoms with Gasteiger partial charge in [0.2, 0.25) is 0 Å². The first kappa shape index (κ1) is 13.1. The van der Waals surface area contributed by atoms with E-state index in [1.807, 2.05) is 31.2 Å². The van der Waals surface area contributed by atoms with Crippen LogP contribution in [0.1, 0.15) is 28.7 Å². The second-order valence-electron chi connectivity index (χ2n) is 5.31. The minimum Gasteiger partial charge on any atom is -0.497 e. The van der Waals surface area contributed by atoms with Crippen molar-refractivity contribution in [2.24, 2.45) is 0 Å². The lowest BCUT2D eigenvalue weighted by molar-refractivity contribution is 0.0822. The number of ether oxygens (including phenoxy) is 1. The van der Waals surface area contributed by atoms with Crippen molar-refractivity contribution < 1.29 is 14.2 Å². The van der Waals surface area contributed by atoms with Crippen molar-refractivity contribution in [2.75, 3.05) is 7.11 Å². The summed E-state index contributed by atoms with van der Waals surface area (Å²) in [4.78, 5) is 0. The lowest BCUT2D eigenvalue weighted by atomic mass is 9.85. The van der Waals surface area contributed by atoms with Crippen LogP contribution in [0.3, 0.4) is 0 Å². The predicted octanol–water partition coefficient (Wildman–Crippen LogP) is 3.32. The van der Waals surface area contributed by atoms with Gasteiger partial charge in [0.1, 0.15) is 17.2 Å². The Labute approximate surface area is 117 Å². The van der Waals surface area contributed by atoms with E-state index in [4.69, 9.17) is 4.74 Å². The fraction of sp³-hybridized carbons (Fsp3) is 0.294. The summed E-state index contributed by atoms with van der Waals surface area (Å²) >= 11 is 0. The summed E-state index contributed by atoms with van der Waals surface area (Å²) in [6, 6.07) is 10.5. The van der Waals surface area contributed by atoms with Crippen molar-refractivity contribution >= 4 is 0 Å². The molecule has 3 heteroatoms. The Bertz CT molecular complexity index is 666. The first-order valence-corrected chi connectivity index (χ1v) is 6.71. The standard InChI is InChI=1S/C17H17FO2/c1-11-10-12(20-2)6-7-14(11)17(19)9-8-13-15(17)4-3-5-16(13)18/h3-7,10,19H,8-9H2,1-2H3. The molecule has 0 spiro atoms. The highest BCUT2D eigenvalue weighted by Gasteiger charge is 2.40. The van der Waals surface area contributed by atoms with E-state index in [-0.39, 0.29) is 5.82 Å². The monoisotopic (exact) mass is 272 g/mol. The highest BCUT2D eigenvalue weighted by molar-refractivity contribution is 5.49. The number of methoxy groups -OCH3 is 1. The Morgan fingerprint density at radius 2 is 2.00 bits per heavy atom. The van der Waals surface area contributed by atoms with Gasteiger partial charge >= 0.3 is 0 Å². The van der Waals surface area contributed by atoms with Crippen molar-refractivity contribution in [3.05, 3.63) is 64.5 Å². The van der Waals surface area contributed by atoms with E-state index in [2.05, 4.69) is 0 Å². The zero-order chi connectivity index (χ0) is 14.3. The minimum absolute atomic E-state index is 0.232. The van der Waals surface area contributed by atoms with E-state index in [9.17, 15) is 9.50 Å². The number of rotatable bonds is 2. The third-order valence-corrected chi connectivity index (χ3v) is 4.18. The van der Waals surface area contributed by atoms with Crippen LogP contribution in [0.4, 0.5) is 4.39 Å². The molecule has 1 aliphatic rings. The average molecular weight is 272 g/mol. The van der Waals surface area contributed by atoms with E-state index >= 15 is 0 Å². The van der Waals surface area contributed by atoms with Crippen LogP contribution in [0, 0.1) is 12.7 Å². The van der Waals surface area contributed by atoms with Gasteiger partial charge in [-0.3, -0.25) is 0 Å². The van der Waals surface area contributed by atoms with Gasteiger partial charge in [-0.2, -0.15) is 0 Å². The topological polar surface area (TPSA) is 29.5 Å². The summed E-state index contributed by atoms with van der Waals surface area (Å²) in [7, 11) is 1.61. The molecule has 2 aromatic carbocycles. The number of fused-ring (bicyclic) bond motifs is 1. The number of halogens is 1. The lowest BCUT2D eigenvalue weighted by Gasteiger charge is -2.27. The second kappa shape index (κ2) is 4.60. The number of benzene rings is 2. The van der Waals surface area contributed by atoms with Crippen LogP contribution >= 0.6 is 0 Å². The molecule has 0 radical (unpaired) electrons. The Morgan fingerprint density at radius 3 is 2.70 bits per heavy atom. The summed E-state index contributed by atoms with van der Waals surface area (Å²) in [6.45, 7) is 1.94. The molecule has 0 amide bonds. The number of aliphatic hydroxyl groups is 1.